The third kappa shape index (κ3) is 2.02. The Kier molecular flexibility index (Phi) is 2.84. The van der Waals surface area contributed by atoms with Gasteiger partial charge in [0, 0.05) is 4.88 Å². The Bertz CT molecular complexity index is 495. The second kappa shape index (κ2) is 4.15. The van der Waals surface area contributed by atoms with Crippen LogP contribution < -0.4 is 10.6 Å². The summed E-state index contributed by atoms with van der Waals surface area (Å²) in [7, 11) is 0. The summed E-state index contributed by atoms with van der Waals surface area (Å²) in [6, 6.07) is 1.93. The number of carbonyl (C=O) groups is 2. The van der Waals surface area contributed by atoms with E-state index in [-0.39, 0.29) is 10.7 Å². The number of amides is 2. The lowest BCUT2D eigenvalue weighted by Gasteiger charge is -2.16. The third-order valence-corrected chi connectivity index (χ3v) is 3.29. The molecule has 1 saturated heterocycles. The highest BCUT2D eigenvalue weighted by molar-refractivity contribution is 7.80. The summed E-state index contributed by atoms with van der Waals surface area (Å²) in [5.74, 6) is -0.914. The van der Waals surface area contributed by atoms with Crippen LogP contribution in [0, 0.1) is 6.92 Å². The summed E-state index contributed by atoms with van der Waals surface area (Å²) in [6.07, 6.45) is 1.58. The number of nitrogens with one attached hydrogen (secondary N) is 2. The topological polar surface area (TPSA) is 58.2 Å². The Hall–Kier alpha value is -1.53. The molecule has 82 valence electrons. The standard InChI is InChI=1S/C10H8N2O2S2/c1-5-2-3-16-7(5)4-6-8(13)11-10(15)12-9(6)14/h2-4H,1H3,(H2,11,12,13,14,15). The molecule has 0 saturated carbocycles. The van der Waals surface area contributed by atoms with Crippen LogP contribution in [0.15, 0.2) is 17.0 Å². The lowest BCUT2D eigenvalue weighted by atomic mass is 10.1. The number of hydrogen-bond acceptors (Lipinski definition) is 4. The van der Waals surface area contributed by atoms with Crippen molar-refractivity contribution < 1.29 is 9.59 Å². The summed E-state index contributed by atoms with van der Waals surface area (Å²) >= 11 is 6.18. The van der Waals surface area contributed by atoms with Gasteiger partial charge in [0.25, 0.3) is 11.8 Å². The van der Waals surface area contributed by atoms with Gasteiger partial charge < -0.3 is 0 Å². The van der Waals surface area contributed by atoms with Crippen molar-refractivity contribution in [3.05, 3.63) is 27.5 Å². The Labute approximate surface area is 101 Å². The van der Waals surface area contributed by atoms with Crippen molar-refractivity contribution in [2.75, 3.05) is 0 Å². The molecule has 1 aromatic heterocycles. The number of hydrogen-bond donors (Lipinski definition) is 2. The van der Waals surface area contributed by atoms with Crippen LogP contribution in [-0.4, -0.2) is 16.9 Å². The van der Waals surface area contributed by atoms with Crippen LogP contribution in [0.4, 0.5) is 0 Å². The van der Waals surface area contributed by atoms with Gasteiger partial charge in [-0.2, -0.15) is 0 Å². The van der Waals surface area contributed by atoms with Gasteiger partial charge >= 0.3 is 0 Å². The van der Waals surface area contributed by atoms with E-state index >= 15 is 0 Å². The highest BCUT2D eigenvalue weighted by Gasteiger charge is 2.25. The van der Waals surface area contributed by atoms with Crippen LogP contribution in [0.25, 0.3) is 6.08 Å². The molecule has 0 aliphatic carbocycles. The molecule has 2 amide bonds. The zero-order valence-electron chi connectivity index (χ0n) is 8.37. The predicted octanol–water partition coefficient (Wildman–Crippen LogP) is 0.971. The third-order valence-electron chi connectivity index (χ3n) is 2.12. The van der Waals surface area contributed by atoms with Gasteiger partial charge in [-0.05, 0) is 42.2 Å². The lowest BCUT2D eigenvalue weighted by molar-refractivity contribution is -0.123. The fourth-order valence-electron chi connectivity index (χ4n) is 1.27. The number of carbonyl (C=O) groups excluding carboxylic acids is 2. The average molecular weight is 252 g/mol. The Morgan fingerprint density at radius 2 is 1.94 bits per heavy atom. The predicted molar refractivity (Wildman–Crippen MR) is 65.9 cm³/mol. The van der Waals surface area contributed by atoms with Crippen molar-refractivity contribution in [1.29, 1.82) is 0 Å². The minimum atomic E-state index is -0.457. The summed E-state index contributed by atoms with van der Waals surface area (Å²) in [5, 5.41) is 6.74. The van der Waals surface area contributed by atoms with Crippen molar-refractivity contribution in [3.8, 4) is 0 Å². The van der Waals surface area contributed by atoms with E-state index in [1.54, 1.807) is 6.08 Å². The number of thiophene rings is 1. The Morgan fingerprint density at radius 3 is 2.44 bits per heavy atom. The van der Waals surface area contributed by atoms with Gasteiger partial charge in [-0.15, -0.1) is 11.3 Å². The molecule has 0 radical (unpaired) electrons. The molecular formula is C10H8N2O2S2. The maximum absolute atomic E-state index is 11.5. The van der Waals surface area contributed by atoms with E-state index in [0.717, 1.165) is 10.4 Å². The monoisotopic (exact) mass is 252 g/mol. The first-order valence-corrected chi connectivity index (χ1v) is 5.79. The highest BCUT2D eigenvalue weighted by Crippen LogP contribution is 2.19. The van der Waals surface area contributed by atoms with Crippen molar-refractivity contribution in [1.82, 2.24) is 10.6 Å². The smallest absolute Gasteiger partial charge is 0.263 e. The van der Waals surface area contributed by atoms with Crippen LogP contribution in [0.5, 0.6) is 0 Å². The molecule has 1 aromatic rings. The SMILES string of the molecule is Cc1ccsc1C=C1C(=O)NC(=S)NC1=O. The van der Waals surface area contributed by atoms with Crippen molar-refractivity contribution in [2.24, 2.45) is 0 Å². The van der Waals surface area contributed by atoms with Crippen LogP contribution in [-0.2, 0) is 9.59 Å². The summed E-state index contributed by atoms with van der Waals surface area (Å²) in [5.41, 5.74) is 1.12. The zero-order chi connectivity index (χ0) is 11.7. The van der Waals surface area contributed by atoms with E-state index in [1.807, 2.05) is 18.4 Å². The molecule has 0 unspecified atom stereocenters. The number of aryl methyl sites for hydroxylation is 1. The molecule has 6 heteroatoms. The van der Waals surface area contributed by atoms with E-state index in [4.69, 9.17) is 12.2 Å². The van der Waals surface area contributed by atoms with Gasteiger partial charge in [-0.25, -0.2) is 0 Å². The molecule has 4 nitrogen and oxygen atoms in total. The molecule has 1 aliphatic rings. The van der Waals surface area contributed by atoms with Crippen LogP contribution in [0.1, 0.15) is 10.4 Å². The number of thiocarbonyl (C=S) groups is 1. The van der Waals surface area contributed by atoms with Gasteiger partial charge in [-0.1, -0.05) is 0 Å². The van der Waals surface area contributed by atoms with Gasteiger partial charge in [0.2, 0.25) is 0 Å². The molecular weight excluding hydrogens is 244 g/mol. The molecule has 0 aromatic carbocycles. The number of rotatable bonds is 1. The van der Waals surface area contributed by atoms with Crippen molar-refractivity contribution in [2.45, 2.75) is 6.92 Å². The van der Waals surface area contributed by atoms with E-state index < -0.39 is 11.8 Å². The van der Waals surface area contributed by atoms with Gasteiger partial charge in [-0.3, -0.25) is 20.2 Å². The molecule has 2 N–H and O–H groups in total. The first-order chi connectivity index (χ1) is 7.58. The largest absolute Gasteiger partial charge is 0.299 e. The summed E-state index contributed by atoms with van der Waals surface area (Å²) < 4.78 is 0. The normalized spacial score (nSPS) is 15.8. The minimum Gasteiger partial charge on any atom is -0.299 e. The Balaban J connectivity index is 2.37. The quantitative estimate of drug-likeness (QED) is 0.445. The molecule has 16 heavy (non-hydrogen) atoms. The Morgan fingerprint density at radius 1 is 1.31 bits per heavy atom. The van der Waals surface area contributed by atoms with Gasteiger partial charge in [0.1, 0.15) is 5.57 Å². The molecule has 1 fully saturated rings. The molecule has 0 spiro atoms. The van der Waals surface area contributed by atoms with Crippen LogP contribution in [0.2, 0.25) is 0 Å². The molecule has 0 bridgehead atoms. The van der Waals surface area contributed by atoms with Crippen LogP contribution >= 0.6 is 23.6 Å². The van der Waals surface area contributed by atoms with Crippen molar-refractivity contribution in [3.63, 3.8) is 0 Å². The van der Waals surface area contributed by atoms with Crippen LogP contribution in [0.3, 0.4) is 0 Å². The lowest BCUT2D eigenvalue weighted by Crippen LogP contribution is -2.51. The van der Waals surface area contributed by atoms with Gasteiger partial charge in [0.05, 0.1) is 0 Å². The fraction of sp³-hybridized carbons (Fsp3) is 0.100. The average Bonchev–Trinajstić information content (AvgIpc) is 2.57. The molecule has 0 atom stereocenters. The van der Waals surface area contributed by atoms with E-state index in [1.165, 1.54) is 11.3 Å². The minimum absolute atomic E-state index is 0.0510. The fourth-order valence-corrected chi connectivity index (χ4v) is 2.31. The van der Waals surface area contributed by atoms with Gasteiger partial charge in [0.15, 0.2) is 5.11 Å². The highest BCUT2D eigenvalue weighted by atomic mass is 32.1. The first-order valence-electron chi connectivity index (χ1n) is 4.50. The molecule has 1 aliphatic heterocycles. The first kappa shape index (κ1) is 11.0. The zero-order valence-corrected chi connectivity index (χ0v) is 10.00. The van der Waals surface area contributed by atoms with E-state index in [2.05, 4.69) is 10.6 Å². The second-order valence-electron chi connectivity index (χ2n) is 3.26. The molecule has 2 rings (SSSR count). The summed E-state index contributed by atoms with van der Waals surface area (Å²) in [4.78, 5) is 24.0. The van der Waals surface area contributed by atoms with E-state index in [0.29, 0.717) is 0 Å². The van der Waals surface area contributed by atoms with Crippen molar-refractivity contribution >= 4 is 46.6 Å². The second-order valence-corrected chi connectivity index (χ2v) is 4.62. The maximum Gasteiger partial charge on any atom is 0.263 e. The van der Waals surface area contributed by atoms with E-state index in [9.17, 15) is 9.59 Å². The maximum atomic E-state index is 11.5. The molecule has 2 heterocycles. The summed E-state index contributed by atoms with van der Waals surface area (Å²) in [6.45, 7) is 1.92.